The molecule has 0 spiro atoms. The Morgan fingerprint density at radius 2 is 1.89 bits per heavy atom. The number of rotatable bonds is 4. The van der Waals surface area contributed by atoms with E-state index in [1.54, 1.807) is 25.6 Å². The number of hydrogen-bond donors (Lipinski definition) is 0. The normalized spacial score (nSPS) is 12.2. The van der Waals surface area contributed by atoms with E-state index < -0.39 is 0 Å². The zero-order chi connectivity index (χ0) is 13.1. The van der Waals surface area contributed by atoms with Crippen molar-refractivity contribution in [3.05, 3.63) is 44.6 Å². The van der Waals surface area contributed by atoms with E-state index in [0.29, 0.717) is 0 Å². The molecule has 0 aliphatic carbocycles. The molecule has 0 bridgehead atoms. The summed E-state index contributed by atoms with van der Waals surface area (Å²) in [5.41, 5.74) is 1.00. The Morgan fingerprint density at radius 1 is 1.17 bits per heavy atom. The third-order valence-corrected chi connectivity index (χ3v) is 4.76. The number of alkyl halides is 1. The van der Waals surface area contributed by atoms with Crippen LogP contribution in [0.5, 0.6) is 11.5 Å². The van der Waals surface area contributed by atoms with Crippen molar-refractivity contribution in [1.29, 1.82) is 0 Å². The van der Waals surface area contributed by atoms with Crippen molar-refractivity contribution < 1.29 is 9.47 Å². The molecule has 0 aliphatic rings. The maximum atomic E-state index is 6.49. The highest BCUT2D eigenvalue weighted by Crippen LogP contribution is 2.40. The van der Waals surface area contributed by atoms with Crippen LogP contribution in [0, 0.1) is 0 Å². The molecule has 1 aromatic carbocycles. The minimum atomic E-state index is -0.220. The van der Waals surface area contributed by atoms with Gasteiger partial charge in [0.25, 0.3) is 0 Å². The van der Waals surface area contributed by atoms with Gasteiger partial charge in [-0.2, -0.15) is 0 Å². The molecule has 0 radical (unpaired) electrons. The van der Waals surface area contributed by atoms with Crippen molar-refractivity contribution in [1.82, 2.24) is 0 Å². The second-order valence-corrected chi connectivity index (χ2v) is 5.85. The van der Waals surface area contributed by atoms with Crippen molar-refractivity contribution in [3.63, 3.8) is 0 Å². The van der Waals surface area contributed by atoms with Gasteiger partial charge in [-0.25, -0.2) is 0 Å². The van der Waals surface area contributed by atoms with Gasteiger partial charge in [-0.05, 0) is 45.1 Å². The lowest BCUT2D eigenvalue weighted by Crippen LogP contribution is -1.94. The summed E-state index contributed by atoms with van der Waals surface area (Å²) >= 11 is 11.5. The van der Waals surface area contributed by atoms with Gasteiger partial charge in [0, 0.05) is 0 Å². The average molecular weight is 348 g/mol. The first-order valence-corrected chi connectivity index (χ1v) is 7.37. The van der Waals surface area contributed by atoms with Crippen molar-refractivity contribution in [2.45, 2.75) is 5.38 Å². The van der Waals surface area contributed by atoms with Gasteiger partial charge < -0.3 is 9.47 Å². The fourth-order valence-electron chi connectivity index (χ4n) is 1.65. The number of thiophene rings is 1. The molecule has 1 unspecified atom stereocenters. The Balaban J connectivity index is 2.34. The van der Waals surface area contributed by atoms with Crippen molar-refractivity contribution >= 4 is 38.9 Å². The molecule has 2 aromatic rings. The van der Waals surface area contributed by atoms with Gasteiger partial charge in [-0.15, -0.1) is 22.9 Å². The molecule has 0 N–H and O–H groups in total. The lowest BCUT2D eigenvalue weighted by molar-refractivity contribution is 0.411. The standard InChI is InChI=1S/C13H12BrClO2S/c1-16-10-4-3-8(7-9(10)14)12(15)13-11(17-2)5-6-18-13/h3-7,12H,1-2H3. The minimum Gasteiger partial charge on any atom is -0.496 e. The fourth-order valence-corrected chi connectivity index (χ4v) is 3.47. The van der Waals surface area contributed by atoms with Crippen LogP contribution in [0.2, 0.25) is 0 Å². The second-order valence-electron chi connectivity index (χ2n) is 3.61. The summed E-state index contributed by atoms with van der Waals surface area (Å²) in [6, 6.07) is 7.75. The van der Waals surface area contributed by atoms with Gasteiger partial charge >= 0.3 is 0 Å². The lowest BCUT2D eigenvalue weighted by atomic mass is 10.1. The zero-order valence-electron chi connectivity index (χ0n) is 9.94. The van der Waals surface area contributed by atoms with Crippen LogP contribution in [0.4, 0.5) is 0 Å². The van der Waals surface area contributed by atoms with Gasteiger partial charge in [0.15, 0.2) is 0 Å². The summed E-state index contributed by atoms with van der Waals surface area (Å²) in [7, 11) is 3.29. The molecule has 0 aliphatic heterocycles. The van der Waals surface area contributed by atoms with Crippen LogP contribution in [-0.2, 0) is 0 Å². The van der Waals surface area contributed by atoms with E-state index >= 15 is 0 Å². The number of ether oxygens (including phenoxy) is 2. The Hall–Kier alpha value is -0.710. The Bertz CT molecular complexity index is 542. The van der Waals surface area contributed by atoms with Crippen LogP contribution in [0.3, 0.4) is 0 Å². The van der Waals surface area contributed by atoms with Crippen LogP contribution >= 0.6 is 38.9 Å². The lowest BCUT2D eigenvalue weighted by Gasteiger charge is -2.12. The van der Waals surface area contributed by atoms with Crippen LogP contribution in [0.15, 0.2) is 34.1 Å². The Morgan fingerprint density at radius 3 is 2.50 bits per heavy atom. The van der Waals surface area contributed by atoms with E-state index in [1.165, 1.54) is 0 Å². The van der Waals surface area contributed by atoms with Gasteiger partial charge in [-0.1, -0.05) is 6.07 Å². The number of methoxy groups -OCH3 is 2. The van der Waals surface area contributed by atoms with Gasteiger partial charge in [-0.3, -0.25) is 0 Å². The highest BCUT2D eigenvalue weighted by atomic mass is 79.9. The highest BCUT2D eigenvalue weighted by Gasteiger charge is 2.18. The SMILES string of the molecule is COc1ccc(C(Cl)c2sccc2OC)cc1Br. The first-order chi connectivity index (χ1) is 8.67. The number of benzene rings is 1. The van der Waals surface area contributed by atoms with E-state index in [4.69, 9.17) is 21.1 Å². The van der Waals surface area contributed by atoms with Crippen LogP contribution in [0.1, 0.15) is 15.8 Å². The van der Waals surface area contributed by atoms with Gasteiger partial charge in [0.1, 0.15) is 11.5 Å². The van der Waals surface area contributed by atoms with Crippen LogP contribution in [-0.4, -0.2) is 14.2 Å². The third kappa shape index (κ3) is 2.66. The van der Waals surface area contributed by atoms with Crippen LogP contribution in [0.25, 0.3) is 0 Å². The topological polar surface area (TPSA) is 18.5 Å². The van der Waals surface area contributed by atoms with E-state index in [0.717, 1.165) is 26.4 Å². The molecule has 0 amide bonds. The summed E-state index contributed by atoms with van der Waals surface area (Å²) in [5, 5.41) is 1.75. The number of halogens is 2. The molecule has 18 heavy (non-hydrogen) atoms. The van der Waals surface area contributed by atoms with Crippen molar-refractivity contribution in [2.75, 3.05) is 14.2 Å². The monoisotopic (exact) mass is 346 g/mol. The minimum absolute atomic E-state index is 0.220. The largest absolute Gasteiger partial charge is 0.496 e. The first-order valence-electron chi connectivity index (χ1n) is 5.26. The van der Waals surface area contributed by atoms with Crippen molar-refractivity contribution in [3.8, 4) is 11.5 Å². The maximum Gasteiger partial charge on any atom is 0.134 e. The van der Waals surface area contributed by atoms with E-state index in [1.807, 2.05) is 29.6 Å². The second kappa shape index (κ2) is 5.95. The zero-order valence-corrected chi connectivity index (χ0v) is 13.1. The molecule has 5 heteroatoms. The molecule has 0 saturated heterocycles. The van der Waals surface area contributed by atoms with Gasteiger partial charge in [0.2, 0.25) is 0 Å². The predicted octanol–water partition coefficient (Wildman–Crippen LogP) is 4.86. The van der Waals surface area contributed by atoms with Gasteiger partial charge in [0.05, 0.1) is 28.9 Å². The summed E-state index contributed by atoms with van der Waals surface area (Å²) in [6.45, 7) is 0. The molecule has 1 atom stereocenters. The van der Waals surface area contributed by atoms with Crippen LogP contribution < -0.4 is 9.47 Å². The van der Waals surface area contributed by atoms with E-state index in [-0.39, 0.29) is 5.38 Å². The Labute approximate surface area is 124 Å². The molecule has 1 heterocycles. The summed E-state index contributed by atoms with van der Waals surface area (Å²) in [4.78, 5) is 1.01. The third-order valence-electron chi connectivity index (χ3n) is 2.58. The summed E-state index contributed by atoms with van der Waals surface area (Å²) in [5.74, 6) is 1.62. The summed E-state index contributed by atoms with van der Waals surface area (Å²) in [6.07, 6.45) is 0. The molecule has 2 nitrogen and oxygen atoms in total. The number of hydrogen-bond acceptors (Lipinski definition) is 3. The maximum absolute atomic E-state index is 6.49. The molecule has 1 aromatic heterocycles. The highest BCUT2D eigenvalue weighted by molar-refractivity contribution is 9.10. The van der Waals surface area contributed by atoms with E-state index in [2.05, 4.69) is 15.9 Å². The molecule has 96 valence electrons. The fraction of sp³-hybridized carbons (Fsp3) is 0.231. The molecule has 0 saturated carbocycles. The predicted molar refractivity (Wildman–Crippen MR) is 79.3 cm³/mol. The summed E-state index contributed by atoms with van der Waals surface area (Å²) < 4.78 is 11.4. The first kappa shape index (κ1) is 13.7. The Kier molecular flexibility index (Phi) is 4.54. The molecular weight excluding hydrogens is 336 g/mol. The smallest absolute Gasteiger partial charge is 0.134 e. The molecule has 0 fully saturated rings. The molecular formula is C13H12BrClO2S. The van der Waals surface area contributed by atoms with E-state index in [9.17, 15) is 0 Å². The quantitative estimate of drug-likeness (QED) is 0.736. The average Bonchev–Trinajstić information content (AvgIpc) is 2.86. The van der Waals surface area contributed by atoms with Crippen molar-refractivity contribution in [2.24, 2.45) is 0 Å². The molecule has 2 rings (SSSR count).